The molecule has 0 aromatic heterocycles. The van der Waals surface area contributed by atoms with Crippen molar-refractivity contribution in [1.82, 2.24) is 10.6 Å². The summed E-state index contributed by atoms with van der Waals surface area (Å²) in [7, 11) is 1.67. The van der Waals surface area contributed by atoms with Crippen LogP contribution in [0, 0.1) is 17.1 Å². The molecule has 0 radical (unpaired) electrons. The Labute approximate surface area is 158 Å². The monoisotopic (exact) mass is 360 g/mol. The second kappa shape index (κ2) is 8.33. The first-order valence-corrected chi connectivity index (χ1v) is 8.75. The Morgan fingerprint density at radius 3 is 2.63 bits per heavy atom. The van der Waals surface area contributed by atoms with Gasteiger partial charge in [-0.2, -0.15) is 5.26 Å². The Morgan fingerprint density at radius 1 is 1.11 bits per heavy atom. The number of fused-ring (bicyclic) bond motifs is 1. The van der Waals surface area contributed by atoms with Crippen molar-refractivity contribution >= 4 is 16.7 Å². The zero-order chi connectivity index (χ0) is 19.2. The fourth-order valence-corrected chi connectivity index (χ4v) is 2.92. The van der Waals surface area contributed by atoms with Crippen molar-refractivity contribution in [3.63, 3.8) is 0 Å². The zero-order valence-electron chi connectivity index (χ0n) is 15.3. The van der Waals surface area contributed by atoms with Gasteiger partial charge >= 0.3 is 0 Å². The average molecular weight is 360 g/mol. The molecule has 0 saturated carbocycles. The lowest BCUT2D eigenvalue weighted by Crippen LogP contribution is -2.38. The number of benzene rings is 3. The van der Waals surface area contributed by atoms with Gasteiger partial charge in [0.05, 0.1) is 17.7 Å². The van der Waals surface area contributed by atoms with Crippen LogP contribution in [0.2, 0.25) is 0 Å². The molecular formula is C22H21FN4. The molecule has 5 heteroatoms. The van der Waals surface area contributed by atoms with Crippen LogP contribution >= 0.6 is 0 Å². The number of guanidine groups is 1. The number of halogens is 1. The van der Waals surface area contributed by atoms with E-state index < -0.39 is 0 Å². The fourth-order valence-electron chi connectivity index (χ4n) is 2.92. The van der Waals surface area contributed by atoms with Crippen molar-refractivity contribution in [1.29, 1.82) is 5.26 Å². The van der Waals surface area contributed by atoms with Gasteiger partial charge in [0.1, 0.15) is 5.82 Å². The van der Waals surface area contributed by atoms with Crippen LogP contribution in [0.15, 0.2) is 65.7 Å². The maximum absolute atomic E-state index is 13.9. The Kier molecular flexibility index (Phi) is 5.68. The zero-order valence-corrected chi connectivity index (χ0v) is 15.3. The summed E-state index contributed by atoms with van der Waals surface area (Å²) in [5.74, 6) is 0.219. The lowest BCUT2D eigenvalue weighted by atomic mass is 10.0. The number of nitrogens with zero attached hydrogens (tertiary/aromatic N) is 2. The van der Waals surface area contributed by atoms with E-state index in [9.17, 15) is 4.39 Å². The van der Waals surface area contributed by atoms with Gasteiger partial charge in [-0.05, 0) is 47.5 Å². The molecular weight excluding hydrogens is 339 g/mol. The second-order valence-corrected chi connectivity index (χ2v) is 6.32. The molecule has 0 saturated heterocycles. The van der Waals surface area contributed by atoms with Crippen molar-refractivity contribution in [3.05, 3.63) is 83.2 Å². The molecule has 0 spiro atoms. The smallest absolute Gasteiger partial charge is 0.191 e. The summed E-state index contributed by atoms with van der Waals surface area (Å²) < 4.78 is 13.9. The number of nitriles is 1. The normalized spacial score (nSPS) is 12.4. The highest BCUT2D eigenvalue weighted by molar-refractivity contribution is 5.84. The van der Waals surface area contributed by atoms with E-state index >= 15 is 0 Å². The van der Waals surface area contributed by atoms with Crippen molar-refractivity contribution in [3.8, 4) is 6.07 Å². The molecule has 136 valence electrons. The van der Waals surface area contributed by atoms with Gasteiger partial charge < -0.3 is 10.6 Å². The van der Waals surface area contributed by atoms with E-state index in [-0.39, 0.29) is 18.4 Å². The molecule has 0 amide bonds. The highest BCUT2D eigenvalue weighted by Crippen LogP contribution is 2.20. The Bertz CT molecular complexity index is 1020. The quantitative estimate of drug-likeness (QED) is 0.539. The number of aliphatic imine (C=N–C) groups is 1. The minimum absolute atomic E-state index is 0.0242. The highest BCUT2D eigenvalue weighted by atomic mass is 19.1. The van der Waals surface area contributed by atoms with Crippen molar-refractivity contribution < 1.29 is 4.39 Å². The molecule has 0 heterocycles. The summed E-state index contributed by atoms with van der Waals surface area (Å²) in [6, 6.07) is 20.9. The summed E-state index contributed by atoms with van der Waals surface area (Å²) >= 11 is 0. The van der Waals surface area contributed by atoms with E-state index in [4.69, 9.17) is 5.26 Å². The molecule has 0 bridgehead atoms. The van der Waals surface area contributed by atoms with E-state index in [0.717, 1.165) is 5.56 Å². The molecule has 0 aliphatic carbocycles. The number of hydrogen-bond donors (Lipinski definition) is 2. The third-order valence-electron chi connectivity index (χ3n) is 4.47. The maximum atomic E-state index is 13.9. The molecule has 3 aromatic carbocycles. The predicted molar refractivity (Wildman–Crippen MR) is 107 cm³/mol. The summed E-state index contributed by atoms with van der Waals surface area (Å²) in [6.45, 7) is 2.29. The Hall–Kier alpha value is -3.39. The molecule has 3 aromatic rings. The molecule has 0 aliphatic heterocycles. The Morgan fingerprint density at radius 2 is 1.89 bits per heavy atom. The molecule has 0 fully saturated rings. The molecule has 1 atom stereocenters. The van der Waals surface area contributed by atoms with Crippen LogP contribution in [0.4, 0.5) is 4.39 Å². The summed E-state index contributed by atoms with van der Waals surface area (Å²) in [5.41, 5.74) is 1.99. The fraction of sp³-hybridized carbons (Fsp3) is 0.182. The van der Waals surface area contributed by atoms with E-state index in [1.54, 1.807) is 13.1 Å². The Balaban J connectivity index is 1.68. The van der Waals surface area contributed by atoms with Gasteiger partial charge in [0.2, 0.25) is 0 Å². The first-order valence-electron chi connectivity index (χ1n) is 8.75. The average Bonchev–Trinajstić information content (AvgIpc) is 2.71. The van der Waals surface area contributed by atoms with Gasteiger partial charge in [-0.3, -0.25) is 4.99 Å². The van der Waals surface area contributed by atoms with Crippen molar-refractivity contribution in [2.45, 2.75) is 19.5 Å². The van der Waals surface area contributed by atoms with Crippen LogP contribution in [0.25, 0.3) is 10.8 Å². The summed E-state index contributed by atoms with van der Waals surface area (Å²) in [5, 5.41) is 17.8. The van der Waals surface area contributed by atoms with Gasteiger partial charge in [0.15, 0.2) is 5.96 Å². The van der Waals surface area contributed by atoms with Crippen LogP contribution < -0.4 is 10.6 Å². The summed E-state index contributed by atoms with van der Waals surface area (Å²) in [6.07, 6.45) is 0. The third kappa shape index (κ3) is 4.42. The third-order valence-corrected chi connectivity index (χ3v) is 4.47. The molecule has 0 aliphatic rings. The van der Waals surface area contributed by atoms with E-state index in [0.29, 0.717) is 17.1 Å². The maximum Gasteiger partial charge on any atom is 0.191 e. The molecule has 3 rings (SSSR count). The van der Waals surface area contributed by atoms with E-state index in [2.05, 4.69) is 46.0 Å². The highest BCUT2D eigenvalue weighted by Gasteiger charge is 2.10. The lowest BCUT2D eigenvalue weighted by molar-refractivity contribution is 0.602. The van der Waals surface area contributed by atoms with Gasteiger partial charge in [-0.15, -0.1) is 0 Å². The second-order valence-electron chi connectivity index (χ2n) is 6.32. The van der Waals surface area contributed by atoms with Gasteiger partial charge in [0.25, 0.3) is 0 Å². The SMILES string of the molecule is CN=C(NCc1cc(C#N)ccc1F)NC(C)c1ccc2ccccc2c1. The van der Waals surface area contributed by atoms with Crippen molar-refractivity contribution in [2.75, 3.05) is 7.05 Å². The molecule has 2 N–H and O–H groups in total. The van der Waals surface area contributed by atoms with Crippen LogP contribution in [0.5, 0.6) is 0 Å². The largest absolute Gasteiger partial charge is 0.352 e. The predicted octanol–water partition coefficient (Wildman–Crippen LogP) is 4.28. The first kappa shape index (κ1) is 18.4. The standard InChI is InChI=1S/C22H21FN4/c1-15(18-9-8-17-5-3-4-6-19(17)12-18)27-22(25-2)26-14-20-11-16(13-24)7-10-21(20)23/h3-12,15H,14H2,1-2H3,(H2,25,26,27). The number of hydrogen-bond acceptors (Lipinski definition) is 2. The van der Waals surface area contributed by atoms with Crippen LogP contribution in [0.1, 0.15) is 29.7 Å². The molecule has 27 heavy (non-hydrogen) atoms. The lowest BCUT2D eigenvalue weighted by Gasteiger charge is -2.19. The number of nitrogens with one attached hydrogen (secondary N) is 2. The topological polar surface area (TPSA) is 60.2 Å². The van der Waals surface area contributed by atoms with Gasteiger partial charge in [-0.1, -0.05) is 36.4 Å². The minimum Gasteiger partial charge on any atom is -0.352 e. The minimum atomic E-state index is -0.348. The first-order chi connectivity index (χ1) is 13.1. The van der Waals surface area contributed by atoms with Gasteiger partial charge in [0, 0.05) is 19.2 Å². The van der Waals surface area contributed by atoms with Crippen LogP contribution in [-0.4, -0.2) is 13.0 Å². The van der Waals surface area contributed by atoms with E-state index in [1.165, 1.54) is 22.9 Å². The molecule has 4 nitrogen and oxygen atoms in total. The number of rotatable bonds is 4. The van der Waals surface area contributed by atoms with Crippen LogP contribution in [0.3, 0.4) is 0 Å². The summed E-state index contributed by atoms with van der Waals surface area (Å²) in [4.78, 5) is 4.21. The van der Waals surface area contributed by atoms with Crippen molar-refractivity contribution in [2.24, 2.45) is 4.99 Å². The van der Waals surface area contributed by atoms with Gasteiger partial charge in [-0.25, -0.2) is 4.39 Å². The van der Waals surface area contributed by atoms with E-state index in [1.807, 2.05) is 25.1 Å². The van der Waals surface area contributed by atoms with Crippen LogP contribution in [-0.2, 0) is 6.54 Å². The molecule has 1 unspecified atom stereocenters.